The van der Waals surface area contributed by atoms with Gasteiger partial charge in [-0.3, -0.25) is 9.97 Å². The smallest absolute Gasteiger partial charge is 0.158 e. The Morgan fingerprint density at radius 3 is 2.35 bits per heavy atom. The highest BCUT2D eigenvalue weighted by atomic mass is 32.1. The Hall–Kier alpha value is -3.82. The molecule has 31 heavy (non-hydrogen) atoms. The van der Waals surface area contributed by atoms with Crippen LogP contribution in [-0.4, -0.2) is 36.8 Å². The quantitative estimate of drug-likeness (QED) is 0.212. The molecule has 0 atom stereocenters. The molecule has 0 saturated carbocycles. The van der Waals surface area contributed by atoms with Crippen LogP contribution in [0.1, 0.15) is 5.69 Å². The lowest BCUT2D eigenvalue weighted by Crippen LogP contribution is -2.06. The first-order chi connectivity index (χ1) is 14.9. The number of fused-ring (bicyclic) bond motifs is 1. The molecule has 0 saturated heterocycles. The van der Waals surface area contributed by atoms with E-state index in [-0.39, 0.29) is 17.2 Å². The van der Waals surface area contributed by atoms with Gasteiger partial charge >= 0.3 is 0 Å². The minimum atomic E-state index is -0.137. The number of rotatable bonds is 3. The van der Waals surface area contributed by atoms with Gasteiger partial charge < -0.3 is 26.8 Å². The van der Waals surface area contributed by atoms with Gasteiger partial charge in [-0.2, -0.15) is 0 Å². The number of nitrogens with two attached hydrogens (primary N) is 2. The molecule has 0 aliphatic rings. The van der Waals surface area contributed by atoms with Gasteiger partial charge in [0.2, 0.25) is 0 Å². The average Bonchev–Trinajstić information content (AvgIpc) is 2.77. The second-order valence-corrected chi connectivity index (χ2v) is 6.98. The summed E-state index contributed by atoms with van der Waals surface area (Å²) in [5.74, 6) is -0.135. The van der Waals surface area contributed by atoms with Gasteiger partial charge in [-0.15, -0.1) is 12.6 Å². The second kappa shape index (κ2) is 9.79. The SMILES string of the molecule is N/C=C(\CN)c1cnc2ccc(-c3cncc(O)c3)cc2n1.Oc1ccc(S)cc1O. The summed E-state index contributed by atoms with van der Waals surface area (Å²) in [5, 5.41) is 27.1. The maximum Gasteiger partial charge on any atom is 0.158 e. The molecule has 0 unspecified atom stereocenters. The molecule has 4 aromatic rings. The zero-order valence-corrected chi connectivity index (χ0v) is 17.2. The molecule has 4 rings (SSSR count). The van der Waals surface area contributed by atoms with Crippen molar-refractivity contribution >= 4 is 29.2 Å². The highest BCUT2D eigenvalue weighted by molar-refractivity contribution is 7.80. The molecule has 2 aromatic heterocycles. The average molecular weight is 436 g/mol. The predicted molar refractivity (Wildman–Crippen MR) is 123 cm³/mol. The van der Waals surface area contributed by atoms with Gasteiger partial charge in [-0.25, -0.2) is 4.98 Å². The summed E-state index contributed by atoms with van der Waals surface area (Å²) in [6, 6.07) is 11.7. The van der Waals surface area contributed by atoms with Crippen molar-refractivity contribution < 1.29 is 15.3 Å². The topological polar surface area (TPSA) is 151 Å². The van der Waals surface area contributed by atoms with Crippen molar-refractivity contribution in [2.75, 3.05) is 6.54 Å². The van der Waals surface area contributed by atoms with E-state index in [0.717, 1.165) is 27.7 Å². The molecule has 7 N–H and O–H groups in total. The monoisotopic (exact) mass is 435 g/mol. The van der Waals surface area contributed by atoms with Crippen LogP contribution in [-0.2, 0) is 0 Å². The number of pyridine rings is 1. The molecule has 0 radical (unpaired) electrons. The van der Waals surface area contributed by atoms with E-state index in [1.54, 1.807) is 24.5 Å². The van der Waals surface area contributed by atoms with Gasteiger partial charge in [-0.1, -0.05) is 6.07 Å². The molecule has 8 nitrogen and oxygen atoms in total. The fourth-order valence-corrected chi connectivity index (χ4v) is 2.90. The summed E-state index contributed by atoms with van der Waals surface area (Å²) in [5.41, 5.74) is 15.8. The molecule has 9 heteroatoms. The van der Waals surface area contributed by atoms with Crippen molar-refractivity contribution in [2.24, 2.45) is 11.5 Å². The fourth-order valence-electron chi connectivity index (χ4n) is 2.70. The van der Waals surface area contributed by atoms with Crippen molar-refractivity contribution in [3.05, 3.63) is 72.9 Å². The summed E-state index contributed by atoms with van der Waals surface area (Å²) in [7, 11) is 0. The van der Waals surface area contributed by atoms with Crippen molar-refractivity contribution in [3.8, 4) is 28.4 Å². The molecule has 0 bridgehead atoms. The third-order valence-electron chi connectivity index (χ3n) is 4.31. The number of thiol groups is 1. The Morgan fingerprint density at radius 1 is 0.903 bits per heavy atom. The zero-order chi connectivity index (χ0) is 22.4. The number of nitrogens with zero attached hydrogens (tertiary/aromatic N) is 3. The molecule has 0 aliphatic carbocycles. The van der Waals surface area contributed by atoms with Crippen LogP contribution >= 0.6 is 12.6 Å². The van der Waals surface area contributed by atoms with E-state index in [0.29, 0.717) is 17.1 Å². The largest absolute Gasteiger partial charge is 0.506 e. The highest BCUT2D eigenvalue weighted by Gasteiger charge is 2.06. The number of phenols is 2. The Morgan fingerprint density at radius 2 is 1.71 bits per heavy atom. The van der Waals surface area contributed by atoms with Gasteiger partial charge in [0.15, 0.2) is 11.5 Å². The summed E-state index contributed by atoms with van der Waals surface area (Å²) in [4.78, 5) is 13.5. The normalized spacial score (nSPS) is 11.1. The third kappa shape index (κ3) is 5.41. The van der Waals surface area contributed by atoms with Crippen molar-refractivity contribution in [1.82, 2.24) is 15.0 Å². The Kier molecular flexibility index (Phi) is 6.91. The zero-order valence-electron chi connectivity index (χ0n) is 16.3. The number of aromatic nitrogens is 3. The van der Waals surface area contributed by atoms with Gasteiger partial charge in [0.1, 0.15) is 5.75 Å². The van der Waals surface area contributed by atoms with E-state index in [9.17, 15) is 5.11 Å². The highest BCUT2D eigenvalue weighted by Crippen LogP contribution is 2.26. The number of aromatic hydroxyl groups is 3. The summed E-state index contributed by atoms with van der Waals surface area (Å²) in [6.07, 6.45) is 6.17. The first-order valence-electron chi connectivity index (χ1n) is 9.14. The van der Waals surface area contributed by atoms with Crippen LogP contribution in [0.2, 0.25) is 0 Å². The van der Waals surface area contributed by atoms with Crippen LogP contribution < -0.4 is 11.5 Å². The van der Waals surface area contributed by atoms with E-state index < -0.39 is 0 Å². The van der Waals surface area contributed by atoms with Crippen molar-refractivity contribution in [2.45, 2.75) is 4.90 Å². The lowest BCUT2D eigenvalue weighted by Gasteiger charge is -2.06. The van der Waals surface area contributed by atoms with Crippen LogP contribution in [0.4, 0.5) is 0 Å². The molecule has 0 spiro atoms. The van der Waals surface area contributed by atoms with Crippen molar-refractivity contribution in [1.29, 1.82) is 0 Å². The van der Waals surface area contributed by atoms with Gasteiger partial charge in [-0.05, 0) is 42.0 Å². The minimum Gasteiger partial charge on any atom is -0.506 e. The van der Waals surface area contributed by atoms with Gasteiger partial charge in [0.05, 0.1) is 29.1 Å². The predicted octanol–water partition coefficient (Wildman–Crippen LogP) is 3.04. The molecule has 0 fully saturated rings. The Labute approximate surface area is 184 Å². The molecular formula is C22H21N5O3S. The second-order valence-electron chi connectivity index (χ2n) is 6.46. The summed E-state index contributed by atoms with van der Waals surface area (Å²) >= 11 is 3.93. The minimum absolute atomic E-state index is 0.118. The molecule has 0 amide bonds. The van der Waals surface area contributed by atoms with Crippen LogP contribution in [0, 0.1) is 0 Å². The lowest BCUT2D eigenvalue weighted by molar-refractivity contribution is 0.402. The number of phenolic OH excluding ortho intramolecular Hbond substituents is 2. The lowest BCUT2D eigenvalue weighted by atomic mass is 10.1. The number of hydrogen-bond acceptors (Lipinski definition) is 9. The van der Waals surface area contributed by atoms with E-state index >= 15 is 0 Å². The molecule has 0 aliphatic heterocycles. The standard InChI is InChI=1S/C16H15N5O.C6H6O2S/c17-5-12(6-18)16-9-20-14-2-1-10(4-15(14)21-16)11-3-13(22)8-19-7-11;7-5-2-1-4(9)3-6(5)8/h1-5,7-9,22H,6,17-18H2;1-3,7-9H/b12-5+;. The maximum atomic E-state index is 9.54. The summed E-state index contributed by atoms with van der Waals surface area (Å²) in [6.45, 7) is 0.298. The number of hydrogen-bond donors (Lipinski definition) is 6. The van der Waals surface area contributed by atoms with E-state index in [1.807, 2.05) is 18.2 Å². The molecule has 2 heterocycles. The van der Waals surface area contributed by atoms with Gasteiger partial charge in [0.25, 0.3) is 0 Å². The van der Waals surface area contributed by atoms with E-state index in [2.05, 4.69) is 27.6 Å². The van der Waals surface area contributed by atoms with E-state index in [4.69, 9.17) is 21.7 Å². The molecule has 2 aromatic carbocycles. The van der Waals surface area contributed by atoms with Crippen LogP contribution in [0.3, 0.4) is 0 Å². The van der Waals surface area contributed by atoms with E-state index in [1.165, 1.54) is 24.5 Å². The molecule has 158 valence electrons. The fraction of sp³-hybridized carbons (Fsp3) is 0.0455. The molecular weight excluding hydrogens is 414 g/mol. The summed E-state index contributed by atoms with van der Waals surface area (Å²) < 4.78 is 0. The van der Waals surface area contributed by atoms with Crippen LogP contribution in [0.5, 0.6) is 17.2 Å². The number of benzene rings is 2. The van der Waals surface area contributed by atoms with Crippen LogP contribution in [0.15, 0.2) is 72.2 Å². The first-order valence-corrected chi connectivity index (χ1v) is 9.59. The van der Waals surface area contributed by atoms with Crippen LogP contribution in [0.25, 0.3) is 27.7 Å². The Balaban J connectivity index is 0.000000254. The van der Waals surface area contributed by atoms with Crippen molar-refractivity contribution in [3.63, 3.8) is 0 Å². The third-order valence-corrected chi connectivity index (χ3v) is 4.59. The Bertz CT molecular complexity index is 1250. The first kappa shape index (κ1) is 21.9. The maximum absolute atomic E-state index is 9.54. The van der Waals surface area contributed by atoms with Gasteiger partial charge in [0, 0.05) is 35.0 Å².